The molecule has 2 aromatic rings. The second-order valence-electron chi connectivity index (χ2n) is 6.00. The predicted octanol–water partition coefficient (Wildman–Crippen LogP) is 3.07. The maximum Gasteiger partial charge on any atom is 0.258 e. The molecule has 1 saturated heterocycles. The molecule has 2 heterocycles. The number of para-hydroxylation sites is 1. The van der Waals surface area contributed by atoms with Gasteiger partial charge in [-0.1, -0.05) is 18.2 Å². The van der Waals surface area contributed by atoms with Crippen LogP contribution in [0.2, 0.25) is 0 Å². The third-order valence-corrected chi connectivity index (χ3v) is 3.85. The number of rotatable bonds is 1. The number of carbonyl (C=O) groups excluding carboxylic acids is 1. The number of ether oxygens (including phenoxy) is 1. The van der Waals surface area contributed by atoms with Gasteiger partial charge in [-0.05, 0) is 26.8 Å². The van der Waals surface area contributed by atoms with Crippen LogP contribution >= 0.6 is 0 Å². The van der Waals surface area contributed by atoms with Gasteiger partial charge in [0.1, 0.15) is 11.8 Å². The third kappa shape index (κ3) is 2.10. The van der Waals surface area contributed by atoms with Gasteiger partial charge in [0.05, 0.1) is 23.8 Å². The Morgan fingerprint density at radius 3 is 2.90 bits per heavy atom. The van der Waals surface area contributed by atoms with E-state index in [4.69, 9.17) is 9.15 Å². The van der Waals surface area contributed by atoms with E-state index in [1.165, 1.54) is 0 Å². The molecular formula is C16H19NO3. The van der Waals surface area contributed by atoms with Crippen molar-refractivity contribution >= 4 is 16.9 Å². The molecule has 1 fully saturated rings. The van der Waals surface area contributed by atoms with Crippen LogP contribution in [0.3, 0.4) is 0 Å². The molecule has 20 heavy (non-hydrogen) atoms. The largest absolute Gasteiger partial charge is 0.463 e. The molecule has 4 nitrogen and oxygen atoms in total. The Balaban J connectivity index is 1.99. The number of hydrogen-bond donors (Lipinski definition) is 0. The first-order valence-electron chi connectivity index (χ1n) is 6.89. The molecule has 0 spiro atoms. The monoisotopic (exact) mass is 273 g/mol. The van der Waals surface area contributed by atoms with Gasteiger partial charge in [0.25, 0.3) is 5.91 Å². The zero-order valence-electron chi connectivity index (χ0n) is 12.1. The van der Waals surface area contributed by atoms with Gasteiger partial charge in [-0.15, -0.1) is 0 Å². The normalized spacial score (nSPS) is 22.1. The van der Waals surface area contributed by atoms with Crippen molar-refractivity contribution < 1.29 is 13.9 Å². The second kappa shape index (κ2) is 4.63. The van der Waals surface area contributed by atoms with Crippen LogP contribution in [0.1, 0.15) is 31.1 Å². The number of fused-ring (bicyclic) bond motifs is 1. The van der Waals surface area contributed by atoms with Crippen LogP contribution in [-0.2, 0) is 4.74 Å². The van der Waals surface area contributed by atoms with E-state index in [1.54, 1.807) is 6.26 Å². The summed E-state index contributed by atoms with van der Waals surface area (Å²) >= 11 is 0. The average Bonchev–Trinajstić information content (AvgIpc) is 2.85. The Bertz CT molecular complexity index is 644. The van der Waals surface area contributed by atoms with E-state index in [0.717, 1.165) is 11.0 Å². The summed E-state index contributed by atoms with van der Waals surface area (Å²) in [6, 6.07) is 7.62. The van der Waals surface area contributed by atoms with E-state index < -0.39 is 0 Å². The lowest BCUT2D eigenvalue weighted by molar-refractivity contribution is -0.0755. The summed E-state index contributed by atoms with van der Waals surface area (Å²) < 4.78 is 11.1. The van der Waals surface area contributed by atoms with Crippen LogP contribution in [0.4, 0.5) is 0 Å². The standard InChI is InChI=1S/C16H19NO3/c1-11-8-17(16(2,3)10-20-11)15(18)13-9-19-14-7-5-4-6-12(13)14/h4-7,9,11H,8,10H2,1-3H3. The average molecular weight is 273 g/mol. The van der Waals surface area contributed by atoms with E-state index in [1.807, 2.05) is 49.9 Å². The second-order valence-corrected chi connectivity index (χ2v) is 6.00. The summed E-state index contributed by atoms with van der Waals surface area (Å²) in [7, 11) is 0. The molecule has 106 valence electrons. The maximum atomic E-state index is 12.8. The summed E-state index contributed by atoms with van der Waals surface area (Å²) in [5.41, 5.74) is 1.07. The van der Waals surface area contributed by atoms with Crippen LogP contribution < -0.4 is 0 Å². The SMILES string of the molecule is CC1CN(C(=O)c2coc3ccccc23)C(C)(C)CO1. The zero-order chi connectivity index (χ0) is 14.3. The highest BCUT2D eigenvalue weighted by molar-refractivity contribution is 6.06. The number of hydrogen-bond acceptors (Lipinski definition) is 3. The molecule has 1 unspecified atom stereocenters. The van der Waals surface area contributed by atoms with Gasteiger partial charge < -0.3 is 14.1 Å². The zero-order valence-corrected chi connectivity index (χ0v) is 12.1. The van der Waals surface area contributed by atoms with Crippen molar-refractivity contribution in [3.63, 3.8) is 0 Å². The molecule has 1 aromatic carbocycles. The van der Waals surface area contributed by atoms with Crippen LogP contribution in [-0.4, -0.2) is 35.6 Å². The highest BCUT2D eigenvalue weighted by Gasteiger charge is 2.37. The fourth-order valence-corrected chi connectivity index (χ4v) is 2.63. The van der Waals surface area contributed by atoms with Crippen molar-refractivity contribution in [2.24, 2.45) is 0 Å². The van der Waals surface area contributed by atoms with Gasteiger partial charge in [0.2, 0.25) is 0 Å². The number of benzene rings is 1. The fourth-order valence-electron chi connectivity index (χ4n) is 2.63. The minimum Gasteiger partial charge on any atom is -0.463 e. The van der Waals surface area contributed by atoms with Crippen LogP contribution in [0.5, 0.6) is 0 Å². The lowest BCUT2D eigenvalue weighted by Gasteiger charge is -2.44. The highest BCUT2D eigenvalue weighted by Crippen LogP contribution is 2.28. The minimum atomic E-state index is -0.304. The summed E-state index contributed by atoms with van der Waals surface area (Å²) in [6.45, 7) is 7.20. The van der Waals surface area contributed by atoms with Gasteiger partial charge in [-0.25, -0.2) is 0 Å². The van der Waals surface area contributed by atoms with Crippen molar-refractivity contribution in [3.8, 4) is 0 Å². The van der Waals surface area contributed by atoms with Gasteiger partial charge in [-0.2, -0.15) is 0 Å². The highest BCUT2D eigenvalue weighted by atomic mass is 16.5. The molecule has 1 atom stereocenters. The summed E-state index contributed by atoms with van der Waals surface area (Å²) in [5, 5.41) is 0.868. The van der Waals surface area contributed by atoms with Crippen molar-refractivity contribution in [1.82, 2.24) is 4.90 Å². The molecule has 1 aromatic heterocycles. The number of furan rings is 1. The molecule has 4 heteroatoms. The van der Waals surface area contributed by atoms with Crippen LogP contribution in [0, 0.1) is 0 Å². The minimum absolute atomic E-state index is 0.00935. The van der Waals surface area contributed by atoms with E-state index in [0.29, 0.717) is 18.7 Å². The Morgan fingerprint density at radius 1 is 1.35 bits per heavy atom. The van der Waals surface area contributed by atoms with Crippen molar-refractivity contribution in [2.45, 2.75) is 32.4 Å². The molecule has 3 rings (SSSR count). The summed E-state index contributed by atoms with van der Waals surface area (Å²) in [5.74, 6) is 0.00935. The molecule has 1 amide bonds. The van der Waals surface area contributed by atoms with Gasteiger partial charge in [-0.3, -0.25) is 4.79 Å². The molecule has 0 aliphatic carbocycles. The maximum absolute atomic E-state index is 12.8. The molecule has 1 aliphatic rings. The molecule has 0 N–H and O–H groups in total. The first kappa shape index (κ1) is 13.2. The van der Waals surface area contributed by atoms with Crippen molar-refractivity contribution in [1.29, 1.82) is 0 Å². The lowest BCUT2D eigenvalue weighted by atomic mass is 9.99. The van der Waals surface area contributed by atoms with Gasteiger partial charge >= 0.3 is 0 Å². The molecular weight excluding hydrogens is 254 g/mol. The van der Waals surface area contributed by atoms with Gasteiger partial charge in [0, 0.05) is 11.9 Å². The number of morpholine rings is 1. The van der Waals surface area contributed by atoms with E-state index >= 15 is 0 Å². The predicted molar refractivity (Wildman–Crippen MR) is 76.7 cm³/mol. The number of nitrogens with zero attached hydrogens (tertiary/aromatic N) is 1. The quantitative estimate of drug-likeness (QED) is 0.802. The van der Waals surface area contributed by atoms with Crippen molar-refractivity contribution in [2.75, 3.05) is 13.2 Å². The molecule has 0 radical (unpaired) electrons. The fraction of sp³-hybridized carbons (Fsp3) is 0.438. The molecule has 1 aliphatic heterocycles. The summed E-state index contributed by atoms with van der Waals surface area (Å²) in [4.78, 5) is 14.7. The van der Waals surface area contributed by atoms with Crippen molar-refractivity contribution in [3.05, 3.63) is 36.1 Å². The van der Waals surface area contributed by atoms with Gasteiger partial charge in [0.15, 0.2) is 0 Å². The topological polar surface area (TPSA) is 42.7 Å². The number of carbonyl (C=O) groups is 1. The Hall–Kier alpha value is -1.81. The van der Waals surface area contributed by atoms with Crippen LogP contribution in [0.15, 0.2) is 34.9 Å². The first-order chi connectivity index (χ1) is 9.49. The van der Waals surface area contributed by atoms with E-state index in [-0.39, 0.29) is 17.6 Å². The molecule has 0 saturated carbocycles. The molecule has 0 bridgehead atoms. The Labute approximate surface area is 118 Å². The van der Waals surface area contributed by atoms with Crippen LogP contribution in [0.25, 0.3) is 11.0 Å². The van der Waals surface area contributed by atoms with E-state index in [2.05, 4.69) is 0 Å². The summed E-state index contributed by atoms with van der Waals surface area (Å²) in [6.07, 6.45) is 1.62. The first-order valence-corrected chi connectivity index (χ1v) is 6.89. The number of amides is 1. The van der Waals surface area contributed by atoms with E-state index in [9.17, 15) is 4.79 Å². The Kier molecular flexibility index (Phi) is 3.05. The Morgan fingerprint density at radius 2 is 2.10 bits per heavy atom. The third-order valence-electron chi connectivity index (χ3n) is 3.85. The lowest BCUT2D eigenvalue weighted by Crippen LogP contribution is -2.57. The smallest absolute Gasteiger partial charge is 0.258 e.